The van der Waals surface area contributed by atoms with Gasteiger partial charge in [0.25, 0.3) is 0 Å². The summed E-state index contributed by atoms with van der Waals surface area (Å²) < 4.78 is 0. The van der Waals surface area contributed by atoms with Crippen LogP contribution in [-0.2, 0) is 4.79 Å². The Morgan fingerprint density at radius 1 is 1.15 bits per heavy atom. The van der Waals surface area contributed by atoms with E-state index in [1.165, 1.54) is 38.6 Å². The van der Waals surface area contributed by atoms with Crippen LogP contribution in [0.2, 0.25) is 0 Å². The molecule has 0 N–H and O–H groups in total. The van der Waals surface area contributed by atoms with E-state index in [9.17, 15) is 4.79 Å². The number of hydrogen-bond donors (Lipinski definition) is 0. The number of carbonyl (C=O) groups excluding carboxylic acids is 1. The number of carbonyl (C=O) groups is 1. The van der Waals surface area contributed by atoms with Crippen molar-refractivity contribution in [2.45, 2.75) is 71.3 Å². The minimum Gasteiger partial charge on any atom is -0.299 e. The van der Waals surface area contributed by atoms with Gasteiger partial charge in [0.05, 0.1) is 0 Å². The van der Waals surface area contributed by atoms with Gasteiger partial charge in [-0.05, 0) is 62.8 Å². The highest BCUT2D eigenvalue weighted by Crippen LogP contribution is 2.39. The van der Waals surface area contributed by atoms with Crippen LogP contribution in [0, 0.1) is 23.7 Å². The summed E-state index contributed by atoms with van der Waals surface area (Å²) in [6.07, 6.45) is 10.2. The zero-order valence-corrected chi connectivity index (χ0v) is 13.3. The SMILES string of the molecule is CC(C)C1CCC(=O)C(CN2CCCC3CCCC32)C1. The summed E-state index contributed by atoms with van der Waals surface area (Å²) in [6.45, 7) is 6.97. The van der Waals surface area contributed by atoms with Crippen LogP contribution >= 0.6 is 0 Å². The van der Waals surface area contributed by atoms with Crippen molar-refractivity contribution in [3.05, 3.63) is 0 Å². The average Bonchev–Trinajstić information content (AvgIpc) is 2.90. The Bertz CT molecular complexity index is 351. The van der Waals surface area contributed by atoms with Gasteiger partial charge in [-0.1, -0.05) is 20.3 Å². The molecule has 1 aliphatic heterocycles. The number of ketones is 1. The second-order valence-corrected chi connectivity index (χ2v) is 7.84. The van der Waals surface area contributed by atoms with Gasteiger partial charge in [0.1, 0.15) is 5.78 Å². The summed E-state index contributed by atoms with van der Waals surface area (Å²) in [4.78, 5) is 15.0. The molecule has 2 nitrogen and oxygen atoms in total. The molecule has 0 aromatic heterocycles. The Labute approximate surface area is 124 Å². The minimum atomic E-state index is 0.343. The zero-order valence-electron chi connectivity index (χ0n) is 13.3. The van der Waals surface area contributed by atoms with Crippen LogP contribution < -0.4 is 0 Å². The number of hydrogen-bond acceptors (Lipinski definition) is 2. The molecule has 3 rings (SSSR count). The number of nitrogens with zero attached hydrogens (tertiary/aromatic N) is 1. The molecular weight excluding hydrogens is 246 g/mol. The van der Waals surface area contributed by atoms with Crippen molar-refractivity contribution in [2.24, 2.45) is 23.7 Å². The first-order valence-corrected chi connectivity index (χ1v) is 8.92. The number of fused-ring (bicyclic) bond motifs is 1. The topological polar surface area (TPSA) is 20.3 Å². The van der Waals surface area contributed by atoms with Crippen molar-refractivity contribution in [3.8, 4) is 0 Å². The Morgan fingerprint density at radius 2 is 1.95 bits per heavy atom. The fourth-order valence-electron chi connectivity index (χ4n) is 5.00. The van der Waals surface area contributed by atoms with Crippen molar-refractivity contribution in [1.82, 2.24) is 4.90 Å². The fourth-order valence-corrected chi connectivity index (χ4v) is 5.00. The van der Waals surface area contributed by atoms with Crippen LogP contribution in [0.5, 0.6) is 0 Å². The molecule has 2 heteroatoms. The standard InChI is InChI=1S/C18H31NO/c1-13(2)15-8-9-18(20)16(11-15)12-19-10-4-6-14-5-3-7-17(14)19/h13-17H,3-12H2,1-2H3. The van der Waals surface area contributed by atoms with E-state index in [0.29, 0.717) is 11.7 Å². The second-order valence-electron chi connectivity index (χ2n) is 7.84. The number of Topliss-reactive ketones (excluding diaryl/α,β-unsaturated/α-hetero) is 1. The fraction of sp³-hybridized carbons (Fsp3) is 0.944. The largest absolute Gasteiger partial charge is 0.299 e. The summed E-state index contributed by atoms with van der Waals surface area (Å²) in [7, 11) is 0. The van der Waals surface area contributed by atoms with Crippen LogP contribution in [0.25, 0.3) is 0 Å². The maximum absolute atomic E-state index is 12.3. The molecule has 0 bridgehead atoms. The lowest BCUT2D eigenvalue weighted by Crippen LogP contribution is -2.47. The third-order valence-electron chi connectivity index (χ3n) is 6.31. The van der Waals surface area contributed by atoms with Crippen LogP contribution in [0.3, 0.4) is 0 Å². The van der Waals surface area contributed by atoms with Gasteiger partial charge >= 0.3 is 0 Å². The van der Waals surface area contributed by atoms with Crippen molar-refractivity contribution in [3.63, 3.8) is 0 Å². The Balaban J connectivity index is 1.62. The van der Waals surface area contributed by atoms with Crippen molar-refractivity contribution < 1.29 is 4.79 Å². The number of rotatable bonds is 3. The molecule has 20 heavy (non-hydrogen) atoms. The van der Waals surface area contributed by atoms with E-state index in [1.807, 2.05) is 0 Å². The lowest BCUT2D eigenvalue weighted by molar-refractivity contribution is -0.127. The van der Waals surface area contributed by atoms with E-state index >= 15 is 0 Å². The average molecular weight is 277 g/mol. The molecule has 0 radical (unpaired) electrons. The third kappa shape index (κ3) is 2.95. The van der Waals surface area contributed by atoms with Gasteiger partial charge in [-0.25, -0.2) is 0 Å². The molecule has 3 fully saturated rings. The van der Waals surface area contributed by atoms with Gasteiger partial charge in [-0.15, -0.1) is 0 Å². The van der Waals surface area contributed by atoms with E-state index in [2.05, 4.69) is 18.7 Å². The minimum absolute atomic E-state index is 0.343. The number of piperidine rings is 1. The van der Waals surface area contributed by atoms with E-state index < -0.39 is 0 Å². The van der Waals surface area contributed by atoms with E-state index in [1.54, 1.807) is 0 Å². The maximum atomic E-state index is 12.3. The summed E-state index contributed by atoms with van der Waals surface area (Å²) in [5.41, 5.74) is 0. The molecule has 1 heterocycles. The van der Waals surface area contributed by atoms with Gasteiger partial charge in [0.2, 0.25) is 0 Å². The van der Waals surface area contributed by atoms with Crippen LogP contribution in [0.4, 0.5) is 0 Å². The summed E-state index contributed by atoms with van der Waals surface area (Å²) >= 11 is 0. The Kier molecular flexibility index (Phi) is 4.49. The lowest BCUT2D eigenvalue weighted by Gasteiger charge is -2.41. The molecular formula is C18H31NO. The Morgan fingerprint density at radius 3 is 2.75 bits per heavy atom. The van der Waals surface area contributed by atoms with Crippen molar-refractivity contribution >= 4 is 5.78 Å². The summed E-state index contributed by atoms with van der Waals surface area (Å²) in [5, 5.41) is 0. The van der Waals surface area contributed by atoms with E-state index in [0.717, 1.165) is 49.6 Å². The van der Waals surface area contributed by atoms with Gasteiger partial charge in [-0.2, -0.15) is 0 Å². The molecule has 4 atom stereocenters. The molecule has 0 spiro atoms. The highest BCUT2D eigenvalue weighted by atomic mass is 16.1. The molecule has 4 unspecified atom stereocenters. The molecule has 3 aliphatic rings. The predicted molar refractivity (Wildman–Crippen MR) is 82.6 cm³/mol. The lowest BCUT2D eigenvalue weighted by atomic mass is 9.75. The molecule has 2 saturated carbocycles. The molecule has 114 valence electrons. The highest BCUT2D eigenvalue weighted by molar-refractivity contribution is 5.82. The van der Waals surface area contributed by atoms with Crippen LogP contribution in [0.1, 0.15) is 65.2 Å². The number of likely N-dealkylation sites (tertiary alicyclic amines) is 1. The third-order valence-corrected chi connectivity index (χ3v) is 6.31. The molecule has 0 aromatic rings. The quantitative estimate of drug-likeness (QED) is 0.780. The van der Waals surface area contributed by atoms with Crippen molar-refractivity contribution in [1.29, 1.82) is 0 Å². The molecule has 0 aromatic carbocycles. The molecule has 2 aliphatic carbocycles. The maximum Gasteiger partial charge on any atom is 0.137 e. The van der Waals surface area contributed by atoms with Gasteiger partial charge in [0.15, 0.2) is 0 Å². The van der Waals surface area contributed by atoms with E-state index in [-0.39, 0.29) is 0 Å². The highest BCUT2D eigenvalue weighted by Gasteiger charge is 2.38. The van der Waals surface area contributed by atoms with Gasteiger partial charge < -0.3 is 0 Å². The second kappa shape index (κ2) is 6.17. The monoisotopic (exact) mass is 277 g/mol. The first-order chi connectivity index (χ1) is 9.65. The molecule has 1 saturated heterocycles. The smallest absolute Gasteiger partial charge is 0.137 e. The van der Waals surface area contributed by atoms with Gasteiger partial charge in [-0.3, -0.25) is 9.69 Å². The predicted octanol–water partition coefficient (Wildman–Crippen LogP) is 3.89. The molecule has 0 amide bonds. The normalized spacial score (nSPS) is 39.2. The summed E-state index contributed by atoms with van der Waals surface area (Å²) in [5.74, 6) is 3.37. The van der Waals surface area contributed by atoms with Crippen LogP contribution in [-0.4, -0.2) is 29.8 Å². The first kappa shape index (κ1) is 14.6. The zero-order chi connectivity index (χ0) is 14.1. The first-order valence-electron chi connectivity index (χ1n) is 8.92. The van der Waals surface area contributed by atoms with Crippen molar-refractivity contribution in [2.75, 3.05) is 13.1 Å². The van der Waals surface area contributed by atoms with E-state index in [4.69, 9.17) is 0 Å². The Hall–Kier alpha value is -0.370. The van der Waals surface area contributed by atoms with Gasteiger partial charge in [0, 0.05) is 24.9 Å². The summed E-state index contributed by atoms with van der Waals surface area (Å²) in [6, 6.07) is 0.816. The van der Waals surface area contributed by atoms with Crippen LogP contribution in [0.15, 0.2) is 0 Å².